The van der Waals surface area contributed by atoms with Gasteiger partial charge in [-0.25, -0.2) is 9.50 Å². The minimum Gasteiger partial charge on any atom is -0.354 e. The Kier molecular flexibility index (Phi) is 6.43. The minimum absolute atomic E-state index is 0.0828. The number of piperidine rings is 1. The van der Waals surface area contributed by atoms with Crippen molar-refractivity contribution >= 4 is 23.0 Å². The van der Waals surface area contributed by atoms with Crippen LogP contribution in [0.1, 0.15) is 54.1 Å². The van der Waals surface area contributed by atoms with Crippen LogP contribution < -0.4 is 5.32 Å². The van der Waals surface area contributed by atoms with Crippen LogP contribution in [0.25, 0.3) is 5.78 Å². The number of amides is 1. The predicted octanol–water partition coefficient (Wildman–Crippen LogP) is 3.32. The molecule has 1 fully saturated rings. The second-order valence-electron chi connectivity index (χ2n) is 8.29. The number of aromatic nitrogens is 4. The monoisotopic (exact) mass is 426 g/mol. The van der Waals surface area contributed by atoms with E-state index in [4.69, 9.17) is 0 Å². The van der Waals surface area contributed by atoms with Crippen molar-refractivity contribution in [1.82, 2.24) is 29.8 Å². The summed E-state index contributed by atoms with van der Waals surface area (Å²) in [5.41, 5.74) is 2.99. The van der Waals surface area contributed by atoms with Crippen LogP contribution in [-0.2, 0) is 11.2 Å². The van der Waals surface area contributed by atoms with Crippen molar-refractivity contribution in [2.24, 2.45) is 5.92 Å². The first-order valence-corrected chi connectivity index (χ1v) is 11.6. The molecule has 3 aromatic heterocycles. The van der Waals surface area contributed by atoms with Gasteiger partial charge < -0.3 is 5.32 Å². The van der Waals surface area contributed by atoms with E-state index in [1.165, 1.54) is 24.0 Å². The van der Waals surface area contributed by atoms with Crippen LogP contribution in [0.4, 0.5) is 0 Å². The first-order valence-electron chi connectivity index (χ1n) is 10.7. The lowest BCUT2D eigenvalue weighted by molar-refractivity contribution is -0.121. The molecule has 7 nitrogen and oxygen atoms in total. The summed E-state index contributed by atoms with van der Waals surface area (Å²) < 4.78 is 1.74. The molecule has 0 bridgehead atoms. The Balaban J connectivity index is 1.37. The van der Waals surface area contributed by atoms with Crippen molar-refractivity contribution in [3.8, 4) is 0 Å². The van der Waals surface area contributed by atoms with Crippen molar-refractivity contribution in [3.05, 3.63) is 45.7 Å². The molecular weight excluding hydrogens is 396 g/mol. The topological polar surface area (TPSA) is 75.4 Å². The molecule has 1 aliphatic heterocycles. The lowest BCUT2D eigenvalue weighted by Crippen LogP contribution is -2.41. The number of hydrogen-bond donors (Lipinski definition) is 1. The molecule has 0 radical (unpaired) electrons. The summed E-state index contributed by atoms with van der Waals surface area (Å²) >= 11 is 1.78. The molecule has 30 heavy (non-hydrogen) atoms. The van der Waals surface area contributed by atoms with Crippen LogP contribution in [0, 0.1) is 19.8 Å². The van der Waals surface area contributed by atoms with Gasteiger partial charge in [-0.1, -0.05) is 13.0 Å². The van der Waals surface area contributed by atoms with Gasteiger partial charge in [0, 0.05) is 29.2 Å². The van der Waals surface area contributed by atoms with E-state index in [0.717, 1.165) is 36.0 Å². The molecule has 1 aliphatic rings. The summed E-state index contributed by atoms with van der Waals surface area (Å²) in [4.78, 5) is 25.2. The molecule has 160 valence electrons. The highest BCUT2D eigenvalue weighted by Gasteiger charge is 2.25. The zero-order chi connectivity index (χ0) is 21.1. The van der Waals surface area contributed by atoms with Crippen LogP contribution >= 0.6 is 11.3 Å². The number of carbonyl (C=O) groups excluding carboxylic acids is 1. The smallest absolute Gasteiger partial charge is 0.252 e. The molecule has 4 heterocycles. The molecule has 0 aliphatic carbocycles. The Morgan fingerprint density at radius 3 is 2.87 bits per heavy atom. The molecule has 4 rings (SSSR count). The zero-order valence-corrected chi connectivity index (χ0v) is 18.8. The first kappa shape index (κ1) is 20.9. The van der Waals surface area contributed by atoms with Gasteiger partial charge in [0.1, 0.15) is 6.33 Å². The van der Waals surface area contributed by atoms with Gasteiger partial charge in [-0.05, 0) is 69.1 Å². The van der Waals surface area contributed by atoms with E-state index in [2.05, 4.69) is 49.7 Å². The molecule has 1 atom stereocenters. The summed E-state index contributed by atoms with van der Waals surface area (Å²) in [5, 5.41) is 9.54. The third-order valence-corrected chi connectivity index (χ3v) is 7.19. The van der Waals surface area contributed by atoms with Gasteiger partial charge in [0.25, 0.3) is 5.78 Å². The van der Waals surface area contributed by atoms with E-state index in [-0.39, 0.29) is 11.9 Å². The van der Waals surface area contributed by atoms with E-state index >= 15 is 0 Å². The van der Waals surface area contributed by atoms with Crippen LogP contribution in [0.15, 0.2) is 23.8 Å². The summed E-state index contributed by atoms with van der Waals surface area (Å²) in [7, 11) is 0. The van der Waals surface area contributed by atoms with Gasteiger partial charge in [-0.15, -0.1) is 11.3 Å². The number of thiophene rings is 1. The highest BCUT2D eigenvalue weighted by atomic mass is 32.1. The quantitative estimate of drug-likeness (QED) is 0.627. The average molecular weight is 427 g/mol. The highest BCUT2D eigenvalue weighted by molar-refractivity contribution is 7.10. The maximum absolute atomic E-state index is 12.7. The predicted molar refractivity (Wildman–Crippen MR) is 119 cm³/mol. The molecule has 0 saturated carbocycles. The summed E-state index contributed by atoms with van der Waals surface area (Å²) in [6.07, 6.45) is 5.06. The molecule has 1 saturated heterocycles. The Morgan fingerprint density at radius 1 is 1.33 bits per heavy atom. The summed E-state index contributed by atoms with van der Waals surface area (Å²) in [6.45, 7) is 9.16. The number of nitrogens with zero attached hydrogens (tertiary/aromatic N) is 5. The lowest BCUT2D eigenvalue weighted by atomic mass is 9.97. The lowest BCUT2D eigenvalue weighted by Gasteiger charge is -2.36. The van der Waals surface area contributed by atoms with Crippen molar-refractivity contribution in [1.29, 1.82) is 0 Å². The van der Waals surface area contributed by atoms with Gasteiger partial charge >= 0.3 is 0 Å². The maximum Gasteiger partial charge on any atom is 0.252 e. The molecule has 0 aromatic carbocycles. The molecule has 0 spiro atoms. The Hall–Kier alpha value is -2.32. The van der Waals surface area contributed by atoms with E-state index in [0.29, 0.717) is 25.2 Å². The molecule has 1 amide bonds. The van der Waals surface area contributed by atoms with Gasteiger partial charge in [-0.2, -0.15) is 10.1 Å². The van der Waals surface area contributed by atoms with E-state index in [1.54, 1.807) is 15.9 Å². The standard InChI is InChI=1S/C22H30N6OS/c1-15-8-10-27(11-9-15)19(20-5-4-12-30-20)13-23-21(29)7-6-18-16(2)26-22-24-14-25-28(22)17(18)3/h4-5,12,14-15,19H,6-11,13H2,1-3H3,(H,23,29)/t19-/m1/s1. The fourth-order valence-corrected chi connectivity index (χ4v) is 5.15. The van der Waals surface area contributed by atoms with Crippen LogP contribution in [0.5, 0.6) is 0 Å². The number of nitrogens with one attached hydrogen (secondary N) is 1. The third kappa shape index (κ3) is 4.54. The number of rotatable bonds is 7. The van der Waals surface area contributed by atoms with Gasteiger partial charge in [0.05, 0.1) is 6.04 Å². The Morgan fingerprint density at radius 2 is 2.13 bits per heavy atom. The molecular formula is C22H30N6OS. The normalized spacial score (nSPS) is 16.8. The van der Waals surface area contributed by atoms with Gasteiger partial charge in [0.15, 0.2) is 0 Å². The Bertz CT molecular complexity index is 991. The molecule has 1 N–H and O–H groups in total. The van der Waals surface area contributed by atoms with E-state index in [1.807, 2.05) is 13.8 Å². The summed E-state index contributed by atoms with van der Waals surface area (Å²) in [6, 6.07) is 4.55. The highest BCUT2D eigenvalue weighted by Crippen LogP contribution is 2.29. The SMILES string of the molecule is Cc1nc2ncnn2c(C)c1CCC(=O)NC[C@H](c1cccs1)N1CCC(C)CC1. The van der Waals surface area contributed by atoms with Crippen LogP contribution in [0.3, 0.4) is 0 Å². The van der Waals surface area contributed by atoms with E-state index in [9.17, 15) is 4.79 Å². The first-order chi connectivity index (χ1) is 14.5. The zero-order valence-electron chi connectivity index (χ0n) is 18.0. The maximum atomic E-state index is 12.7. The summed E-state index contributed by atoms with van der Waals surface area (Å²) in [5.74, 6) is 1.48. The molecule has 0 unspecified atom stereocenters. The van der Waals surface area contributed by atoms with Crippen molar-refractivity contribution in [3.63, 3.8) is 0 Å². The average Bonchev–Trinajstić information content (AvgIpc) is 3.41. The Labute approximate surface area is 181 Å². The fraction of sp³-hybridized carbons (Fsp3) is 0.545. The largest absolute Gasteiger partial charge is 0.354 e. The number of hydrogen-bond acceptors (Lipinski definition) is 6. The molecule has 3 aromatic rings. The van der Waals surface area contributed by atoms with Crippen molar-refractivity contribution in [2.45, 2.75) is 52.5 Å². The number of carbonyl (C=O) groups is 1. The molecule has 8 heteroatoms. The number of aryl methyl sites for hydroxylation is 2. The number of likely N-dealkylation sites (tertiary alicyclic amines) is 1. The van der Waals surface area contributed by atoms with Crippen LogP contribution in [-0.4, -0.2) is 50.0 Å². The fourth-order valence-electron chi connectivity index (χ4n) is 4.29. The minimum atomic E-state index is 0.0828. The van der Waals surface area contributed by atoms with Crippen molar-refractivity contribution in [2.75, 3.05) is 19.6 Å². The van der Waals surface area contributed by atoms with Crippen LogP contribution in [0.2, 0.25) is 0 Å². The number of fused-ring (bicyclic) bond motifs is 1. The second kappa shape index (κ2) is 9.22. The van der Waals surface area contributed by atoms with Gasteiger partial charge in [0.2, 0.25) is 5.91 Å². The van der Waals surface area contributed by atoms with Gasteiger partial charge in [-0.3, -0.25) is 9.69 Å². The van der Waals surface area contributed by atoms with Crippen molar-refractivity contribution < 1.29 is 4.79 Å². The van der Waals surface area contributed by atoms with E-state index < -0.39 is 0 Å². The third-order valence-electron chi connectivity index (χ3n) is 6.21. The second-order valence-corrected chi connectivity index (χ2v) is 9.27.